The normalized spacial score (nSPS) is 15.6. The van der Waals surface area contributed by atoms with Gasteiger partial charge in [0, 0.05) is 6.42 Å². The molecule has 2 atom stereocenters. The van der Waals surface area contributed by atoms with Crippen LogP contribution < -0.4 is 0 Å². The van der Waals surface area contributed by atoms with Crippen LogP contribution in [-0.2, 0) is 9.53 Å². The van der Waals surface area contributed by atoms with Crippen molar-refractivity contribution in [1.29, 1.82) is 0 Å². The van der Waals surface area contributed by atoms with Crippen molar-refractivity contribution in [2.45, 2.75) is 39.1 Å². The molecule has 4 heteroatoms. The predicted molar refractivity (Wildman–Crippen MR) is 38.7 cm³/mol. The number of carbonyl (C=O) groups excluding carboxylic acids is 1. The molecule has 0 aromatic rings. The van der Waals surface area contributed by atoms with E-state index in [2.05, 4.69) is 4.74 Å². The van der Waals surface area contributed by atoms with Gasteiger partial charge in [0.2, 0.25) is 6.29 Å². The topological polar surface area (TPSA) is 66.8 Å². The molecule has 0 aliphatic rings. The molecule has 4 nitrogen and oxygen atoms in total. The van der Waals surface area contributed by atoms with Gasteiger partial charge < -0.3 is 14.9 Å². The monoisotopic (exact) mass is 162 g/mol. The van der Waals surface area contributed by atoms with Gasteiger partial charge in [0.25, 0.3) is 0 Å². The number of aliphatic hydroxyl groups excluding tert-OH is 2. The van der Waals surface area contributed by atoms with Crippen LogP contribution in [0.2, 0.25) is 0 Å². The summed E-state index contributed by atoms with van der Waals surface area (Å²) in [6.07, 6.45) is -1.11. The maximum atomic E-state index is 10.6. The molecule has 0 aliphatic heterocycles. The Morgan fingerprint density at radius 2 is 2.09 bits per heavy atom. The number of hydrogen-bond acceptors (Lipinski definition) is 4. The first-order chi connectivity index (χ1) is 5.07. The van der Waals surface area contributed by atoms with E-state index in [-0.39, 0.29) is 0 Å². The summed E-state index contributed by atoms with van der Waals surface area (Å²) in [5, 5.41) is 17.6. The van der Waals surface area contributed by atoms with Crippen LogP contribution in [-0.4, -0.2) is 28.6 Å². The van der Waals surface area contributed by atoms with Crippen molar-refractivity contribution in [2.24, 2.45) is 0 Å². The van der Waals surface area contributed by atoms with Crippen LogP contribution in [0.25, 0.3) is 0 Å². The first-order valence-electron chi connectivity index (χ1n) is 3.64. The molecule has 0 rings (SSSR count). The summed E-state index contributed by atoms with van der Waals surface area (Å²) in [7, 11) is 0. The van der Waals surface area contributed by atoms with Crippen LogP contribution in [0.3, 0.4) is 0 Å². The zero-order chi connectivity index (χ0) is 8.85. The van der Waals surface area contributed by atoms with Crippen molar-refractivity contribution >= 4 is 5.97 Å². The summed E-state index contributed by atoms with van der Waals surface area (Å²) in [6.45, 7) is 3.15. The fraction of sp³-hybridized carbons (Fsp3) is 0.857. The highest BCUT2D eigenvalue weighted by Crippen LogP contribution is 1.99. The number of carbonyl (C=O) groups is 1. The highest BCUT2D eigenvalue weighted by Gasteiger charge is 2.14. The lowest BCUT2D eigenvalue weighted by Crippen LogP contribution is -2.25. The SMILES string of the molecule is CCCC(O)OC(=O)C(C)O. The van der Waals surface area contributed by atoms with Crippen molar-refractivity contribution in [3.8, 4) is 0 Å². The van der Waals surface area contributed by atoms with E-state index in [1.807, 2.05) is 6.92 Å². The lowest BCUT2D eigenvalue weighted by atomic mass is 10.3. The third-order valence-electron chi connectivity index (χ3n) is 1.13. The van der Waals surface area contributed by atoms with Gasteiger partial charge in [-0.3, -0.25) is 0 Å². The maximum Gasteiger partial charge on any atom is 0.336 e. The molecule has 11 heavy (non-hydrogen) atoms. The molecule has 0 bridgehead atoms. The van der Waals surface area contributed by atoms with Gasteiger partial charge in [-0.25, -0.2) is 4.79 Å². The second-order valence-electron chi connectivity index (χ2n) is 2.36. The third-order valence-corrected chi connectivity index (χ3v) is 1.13. The van der Waals surface area contributed by atoms with Crippen molar-refractivity contribution in [2.75, 3.05) is 0 Å². The summed E-state index contributed by atoms with van der Waals surface area (Å²) in [4.78, 5) is 10.6. The molecule has 0 aromatic heterocycles. The van der Waals surface area contributed by atoms with E-state index in [0.717, 1.165) is 6.42 Å². The summed E-state index contributed by atoms with van der Waals surface area (Å²) in [5.41, 5.74) is 0. The highest BCUT2D eigenvalue weighted by molar-refractivity contribution is 5.73. The first-order valence-corrected chi connectivity index (χ1v) is 3.64. The molecule has 0 radical (unpaired) electrons. The van der Waals surface area contributed by atoms with Gasteiger partial charge in [-0.2, -0.15) is 0 Å². The number of aliphatic hydroxyl groups is 2. The van der Waals surface area contributed by atoms with Crippen molar-refractivity contribution < 1.29 is 19.7 Å². The molecular formula is C7H14O4. The Morgan fingerprint density at radius 3 is 2.45 bits per heavy atom. The average Bonchev–Trinajstić information content (AvgIpc) is 1.87. The van der Waals surface area contributed by atoms with E-state index in [4.69, 9.17) is 10.2 Å². The lowest BCUT2D eigenvalue weighted by Gasteiger charge is -2.11. The summed E-state index contributed by atoms with van der Waals surface area (Å²) in [6, 6.07) is 0. The van der Waals surface area contributed by atoms with Crippen LogP contribution >= 0.6 is 0 Å². The maximum absolute atomic E-state index is 10.6. The highest BCUT2D eigenvalue weighted by atomic mass is 16.6. The minimum absolute atomic E-state index is 0.401. The zero-order valence-electron chi connectivity index (χ0n) is 6.78. The molecular weight excluding hydrogens is 148 g/mol. The molecule has 0 fully saturated rings. The number of ether oxygens (including phenoxy) is 1. The van der Waals surface area contributed by atoms with Crippen LogP contribution in [0.5, 0.6) is 0 Å². The molecule has 0 aliphatic carbocycles. The number of esters is 1. The van der Waals surface area contributed by atoms with Crippen molar-refractivity contribution in [3.63, 3.8) is 0 Å². The van der Waals surface area contributed by atoms with Crippen LogP contribution in [0.4, 0.5) is 0 Å². The van der Waals surface area contributed by atoms with Crippen molar-refractivity contribution in [3.05, 3.63) is 0 Å². The number of rotatable bonds is 4. The Kier molecular flexibility index (Phi) is 4.81. The molecule has 0 saturated carbocycles. The smallest absolute Gasteiger partial charge is 0.336 e. The Hall–Kier alpha value is -0.610. The summed E-state index contributed by atoms with van der Waals surface area (Å²) < 4.78 is 4.42. The second-order valence-corrected chi connectivity index (χ2v) is 2.36. The molecule has 0 aromatic carbocycles. The van der Waals surface area contributed by atoms with Crippen molar-refractivity contribution in [1.82, 2.24) is 0 Å². The predicted octanol–water partition coefficient (Wildman–Crippen LogP) is 0.0289. The quantitative estimate of drug-likeness (QED) is 0.452. The van der Waals surface area contributed by atoms with E-state index in [1.54, 1.807) is 0 Å². The Balaban J connectivity index is 3.57. The van der Waals surface area contributed by atoms with Gasteiger partial charge in [-0.1, -0.05) is 13.3 Å². The Bertz CT molecular complexity index is 122. The fourth-order valence-electron chi connectivity index (χ4n) is 0.538. The summed E-state index contributed by atoms with van der Waals surface area (Å²) in [5.74, 6) is -0.786. The molecule has 0 heterocycles. The molecule has 0 saturated heterocycles. The standard InChI is InChI=1S/C7H14O4/c1-3-4-6(9)11-7(10)5(2)8/h5-6,8-9H,3-4H2,1-2H3. The van der Waals surface area contributed by atoms with E-state index in [9.17, 15) is 4.79 Å². The molecule has 2 unspecified atom stereocenters. The number of hydrogen-bond donors (Lipinski definition) is 2. The van der Waals surface area contributed by atoms with Gasteiger partial charge in [0.15, 0.2) is 0 Å². The third kappa shape index (κ3) is 4.75. The minimum Gasteiger partial charge on any atom is -0.434 e. The van der Waals surface area contributed by atoms with Gasteiger partial charge >= 0.3 is 5.97 Å². The second kappa shape index (κ2) is 5.09. The van der Waals surface area contributed by atoms with Gasteiger partial charge in [-0.05, 0) is 6.92 Å². The van der Waals surface area contributed by atoms with E-state index < -0.39 is 18.4 Å². The zero-order valence-corrected chi connectivity index (χ0v) is 6.78. The van der Waals surface area contributed by atoms with Crippen LogP contribution in [0, 0.1) is 0 Å². The lowest BCUT2D eigenvalue weighted by molar-refractivity contribution is -0.177. The van der Waals surface area contributed by atoms with Gasteiger partial charge in [0.05, 0.1) is 0 Å². The molecule has 66 valence electrons. The summed E-state index contributed by atoms with van der Waals surface area (Å²) >= 11 is 0. The average molecular weight is 162 g/mol. The van der Waals surface area contributed by atoms with Crippen LogP contribution in [0.15, 0.2) is 0 Å². The van der Waals surface area contributed by atoms with E-state index >= 15 is 0 Å². The van der Waals surface area contributed by atoms with Gasteiger partial charge in [0.1, 0.15) is 6.10 Å². The van der Waals surface area contributed by atoms with E-state index in [1.165, 1.54) is 6.92 Å². The van der Waals surface area contributed by atoms with E-state index in [0.29, 0.717) is 6.42 Å². The Morgan fingerprint density at radius 1 is 1.55 bits per heavy atom. The minimum atomic E-state index is -1.17. The van der Waals surface area contributed by atoms with Crippen LogP contribution in [0.1, 0.15) is 26.7 Å². The molecule has 0 spiro atoms. The Labute approximate surface area is 65.8 Å². The van der Waals surface area contributed by atoms with Gasteiger partial charge in [-0.15, -0.1) is 0 Å². The fourth-order valence-corrected chi connectivity index (χ4v) is 0.538. The molecule has 2 N–H and O–H groups in total. The molecule has 0 amide bonds. The first kappa shape index (κ1) is 10.4. The largest absolute Gasteiger partial charge is 0.434 e.